The SMILES string of the molecule is Cc1ccc2c(-c3ccncc3)c3c(c(-c4cccc(-c5ccccc5)c4)c2c1)=CCCC=3. The maximum Gasteiger partial charge on any atom is 0.0273 e. The van der Waals surface area contributed by atoms with Crippen LogP contribution in [0.25, 0.3) is 56.3 Å². The van der Waals surface area contributed by atoms with Crippen LogP contribution in [0.2, 0.25) is 0 Å². The van der Waals surface area contributed by atoms with Gasteiger partial charge in [-0.2, -0.15) is 0 Å². The van der Waals surface area contributed by atoms with Crippen LogP contribution in [-0.2, 0) is 0 Å². The van der Waals surface area contributed by atoms with Gasteiger partial charge in [-0.3, -0.25) is 4.98 Å². The average Bonchev–Trinajstić information content (AvgIpc) is 2.88. The maximum absolute atomic E-state index is 4.26. The minimum atomic E-state index is 1.07. The third-order valence-corrected chi connectivity index (χ3v) is 6.63. The second-order valence-electron chi connectivity index (χ2n) is 8.79. The van der Waals surface area contributed by atoms with Gasteiger partial charge in [0.05, 0.1) is 0 Å². The van der Waals surface area contributed by atoms with Crippen LogP contribution < -0.4 is 10.4 Å². The van der Waals surface area contributed by atoms with Gasteiger partial charge in [0.15, 0.2) is 0 Å². The van der Waals surface area contributed by atoms with Crippen LogP contribution in [0.4, 0.5) is 0 Å². The average molecular weight is 424 g/mol. The van der Waals surface area contributed by atoms with E-state index in [1.54, 1.807) is 0 Å². The van der Waals surface area contributed by atoms with Crippen molar-refractivity contribution in [1.82, 2.24) is 4.98 Å². The number of aromatic nitrogens is 1. The van der Waals surface area contributed by atoms with E-state index in [0.717, 1.165) is 12.8 Å². The highest BCUT2D eigenvalue weighted by molar-refractivity contribution is 6.06. The highest BCUT2D eigenvalue weighted by Gasteiger charge is 2.16. The third-order valence-electron chi connectivity index (χ3n) is 6.63. The molecule has 0 bridgehead atoms. The predicted octanol–water partition coefficient (Wildman–Crippen LogP) is 6.90. The van der Waals surface area contributed by atoms with Crippen molar-refractivity contribution in [3.8, 4) is 33.4 Å². The van der Waals surface area contributed by atoms with Crippen LogP contribution in [0.15, 0.2) is 97.3 Å². The van der Waals surface area contributed by atoms with Crippen LogP contribution >= 0.6 is 0 Å². The number of hydrogen-bond acceptors (Lipinski definition) is 1. The van der Waals surface area contributed by atoms with E-state index in [1.807, 2.05) is 12.4 Å². The van der Waals surface area contributed by atoms with Crippen LogP contribution in [-0.4, -0.2) is 4.98 Å². The summed E-state index contributed by atoms with van der Waals surface area (Å²) >= 11 is 0. The van der Waals surface area contributed by atoms with Crippen LogP contribution in [0, 0.1) is 6.92 Å². The summed E-state index contributed by atoms with van der Waals surface area (Å²) < 4.78 is 0. The molecule has 1 nitrogen and oxygen atoms in total. The smallest absolute Gasteiger partial charge is 0.0273 e. The molecule has 0 saturated carbocycles. The first-order valence-corrected chi connectivity index (χ1v) is 11.6. The molecule has 1 aliphatic carbocycles. The van der Waals surface area contributed by atoms with E-state index in [2.05, 4.69) is 109 Å². The molecule has 1 heterocycles. The number of fused-ring (bicyclic) bond motifs is 2. The number of nitrogens with zero attached hydrogens (tertiary/aromatic N) is 1. The fourth-order valence-electron chi connectivity index (χ4n) is 5.15. The van der Waals surface area contributed by atoms with Crippen LogP contribution in [0.5, 0.6) is 0 Å². The Labute approximate surface area is 194 Å². The molecular formula is C32H25N. The lowest BCUT2D eigenvalue weighted by Gasteiger charge is -2.18. The lowest BCUT2D eigenvalue weighted by Crippen LogP contribution is -2.31. The molecule has 0 atom stereocenters. The first-order valence-electron chi connectivity index (χ1n) is 11.6. The van der Waals surface area contributed by atoms with Crippen molar-refractivity contribution in [2.24, 2.45) is 0 Å². The third kappa shape index (κ3) is 3.47. The van der Waals surface area contributed by atoms with Gasteiger partial charge in [-0.1, -0.05) is 84.4 Å². The van der Waals surface area contributed by atoms with E-state index in [-0.39, 0.29) is 0 Å². The van der Waals surface area contributed by atoms with Gasteiger partial charge < -0.3 is 0 Å². The van der Waals surface area contributed by atoms with Crippen molar-refractivity contribution in [3.63, 3.8) is 0 Å². The Balaban J connectivity index is 1.73. The van der Waals surface area contributed by atoms with Gasteiger partial charge in [0.1, 0.15) is 0 Å². The molecule has 4 aromatic carbocycles. The molecule has 0 amide bonds. The van der Waals surface area contributed by atoms with Crippen molar-refractivity contribution < 1.29 is 0 Å². The van der Waals surface area contributed by atoms with Crippen LogP contribution in [0.1, 0.15) is 18.4 Å². The summed E-state index contributed by atoms with van der Waals surface area (Å²) in [4.78, 5) is 4.26. The summed E-state index contributed by atoms with van der Waals surface area (Å²) in [6, 6.07) is 30.8. The highest BCUT2D eigenvalue weighted by Crippen LogP contribution is 2.34. The zero-order chi connectivity index (χ0) is 22.2. The molecule has 1 aliphatic rings. The summed E-state index contributed by atoms with van der Waals surface area (Å²) in [5.41, 5.74) is 8.94. The van der Waals surface area contributed by atoms with Crippen LogP contribution in [0.3, 0.4) is 0 Å². The first kappa shape index (κ1) is 19.7. The second kappa shape index (κ2) is 8.18. The monoisotopic (exact) mass is 423 g/mol. The molecule has 0 aliphatic heterocycles. The van der Waals surface area contributed by atoms with Crippen molar-refractivity contribution >= 4 is 22.9 Å². The Bertz CT molecular complexity index is 1600. The van der Waals surface area contributed by atoms with Gasteiger partial charge in [0, 0.05) is 12.4 Å². The lowest BCUT2D eigenvalue weighted by atomic mass is 9.85. The standard InChI is InChI=1S/C32H25N/c1-22-14-15-29-30(20-22)32(26-11-7-10-25(21-26)23-8-3-2-4-9-23)28-13-6-5-12-27(28)31(29)24-16-18-33-19-17-24/h2-4,7-21H,5-6H2,1H3. The zero-order valence-electron chi connectivity index (χ0n) is 18.8. The summed E-state index contributed by atoms with van der Waals surface area (Å²) in [7, 11) is 0. The van der Waals surface area contributed by atoms with E-state index < -0.39 is 0 Å². The van der Waals surface area contributed by atoms with E-state index in [9.17, 15) is 0 Å². The molecule has 1 heteroatoms. The lowest BCUT2D eigenvalue weighted by molar-refractivity contribution is 1.12. The fraction of sp³-hybridized carbons (Fsp3) is 0.0938. The quantitative estimate of drug-likeness (QED) is 0.308. The first-order chi connectivity index (χ1) is 16.3. The number of rotatable bonds is 3. The Morgan fingerprint density at radius 3 is 1.97 bits per heavy atom. The summed E-state index contributed by atoms with van der Waals surface area (Å²) in [5, 5.41) is 5.33. The Morgan fingerprint density at radius 1 is 0.545 bits per heavy atom. The molecule has 0 fully saturated rings. The second-order valence-corrected chi connectivity index (χ2v) is 8.79. The Hall–Kier alpha value is -3.97. The molecule has 5 aromatic rings. The topological polar surface area (TPSA) is 12.9 Å². The van der Waals surface area contributed by atoms with Gasteiger partial charge in [-0.25, -0.2) is 0 Å². The van der Waals surface area contributed by atoms with Crippen molar-refractivity contribution in [3.05, 3.63) is 113 Å². The maximum atomic E-state index is 4.26. The molecule has 158 valence electrons. The van der Waals surface area contributed by atoms with Crippen molar-refractivity contribution in [2.75, 3.05) is 0 Å². The molecule has 0 spiro atoms. The molecule has 33 heavy (non-hydrogen) atoms. The fourth-order valence-corrected chi connectivity index (χ4v) is 5.15. The van der Waals surface area contributed by atoms with Gasteiger partial charge in [0.2, 0.25) is 0 Å². The summed E-state index contributed by atoms with van der Waals surface area (Å²) in [6.07, 6.45) is 10.8. The van der Waals surface area contributed by atoms with Gasteiger partial charge in [-0.05, 0) is 92.6 Å². The highest BCUT2D eigenvalue weighted by atomic mass is 14.6. The number of benzene rings is 4. The Morgan fingerprint density at radius 2 is 1.21 bits per heavy atom. The largest absolute Gasteiger partial charge is 0.265 e. The number of pyridine rings is 1. The van der Waals surface area contributed by atoms with Crippen molar-refractivity contribution in [1.29, 1.82) is 0 Å². The van der Waals surface area contributed by atoms with E-state index in [1.165, 1.54) is 60.2 Å². The molecule has 6 rings (SSSR count). The molecule has 1 aromatic heterocycles. The minimum absolute atomic E-state index is 1.07. The summed E-state index contributed by atoms with van der Waals surface area (Å²) in [5.74, 6) is 0. The molecule has 0 radical (unpaired) electrons. The van der Waals surface area contributed by atoms with Gasteiger partial charge >= 0.3 is 0 Å². The molecule has 0 N–H and O–H groups in total. The van der Waals surface area contributed by atoms with E-state index in [4.69, 9.17) is 0 Å². The van der Waals surface area contributed by atoms with Gasteiger partial charge in [0.25, 0.3) is 0 Å². The molecule has 0 saturated heterocycles. The molecule has 0 unspecified atom stereocenters. The molecular weight excluding hydrogens is 398 g/mol. The predicted molar refractivity (Wildman–Crippen MR) is 140 cm³/mol. The van der Waals surface area contributed by atoms with Crippen molar-refractivity contribution in [2.45, 2.75) is 19.8 Å². The number of aryl methyl sites for hydroxylation is 1. The van der Waals surface area contributed by atoms with E-state index in [0.29, 0.717) is 0 Å². The van der Waals surface area contributed by atoms with E-state index >= 15 is 0 Å². The summed E-state index contributed by atoms with van der Waals surface area (Å²) in [6.45, 7) is 2.19. The minimum Gasteiger partial charge on any atom is -0.265 e. The van der Waals surface area contributed by atoms with Gasteiger partial charge in [-0.15, -0.1) is 0 Å². The number of hydrogen-bond donors (Lipinski definition) is 0. The normalized spacial score (nSPS) is 12.6. The zero-order valence-corrected chi connectivity index (χ0v) is 18.8. The Kier molecular flexibility index (Phi) is 4.88.